The smallest absolute Gasteiger partial charge is 0.356 e. The molecule has 0 saturated heterocycles. The first kappa shape index (κ1) is 15.2. The predicted octanol–water partition coefficient (Wildman–Crippen LogP) is 2.63. The van der Waals surface area contributed by atoms with Crippen LogP contribution in [0.4, 0.5) is 0 Å². The first-order valence-electron chi connectivity index (χ1n) is 7.52. The lowest BCUT2D eigenvalue weighted by atomic mass is 10.1. The number of amides is 1. The van der Waals surface area contributed by atoms with Gasteiger partial charge >= 0.3 is 5.97 Å². The summed E-state index contributed by atoms with van der Waals surface area (Å²) in [4.78, 5) is 30.1. The monoisotopic (exact) mass is 310 g/mol. The molecule has 118 valence electrons. The molecule has 1 atom stereocenters. The van der Waals surface area contributed by atoms with Crippen molar-refractivity contribution in [2.45, 2.75) is 18.9 Å². The molecular weight excluding hydrogens is 292 g/mol. The number of benzene rings is 1. The zero-order valence-corrected chi connectivity index (χ0v) is 13.2. The summed E-state index contributed by atoms with van der Waals surface area (Å²) in [7, 11) is 3.07. The molecule has 0 aliphatic heterocycles. The van der Waals surface area contributed by atoms with Crippen LogP contribution in [0.3, 0.4) is 0 Å². The summed E-state index contributed by atoms with van der Waals surface area (Å²) < 4.78 is 4.65. The van der Waals surface area contributed by atoms with Gasteiger partial charge < -0.3 is 9.64 Å². The number of nitrogens with zero attached hydrogens (tertiary/aromatic N) is 2. The Morgan fingerprint density at radius 3 is 2.65 bits per heavy atom. The average molecular weight is 310 g/mol. The van der Waals surface area contributed by atoms with Gasteiger partial charge in [-0.1, -0.05) is 30.3 Å². The third-order valence-corrected chi connectivity index (χ3v) is 4.25. The Labute approximate surface area is 134 Å². The van der Waals surface area contributed by atoms with E-state index in [4.69, 9.17) is 0 Å². The van der Waals surface area contributed by atoms with Gasteiger partial charge in [0.05, 0.1) is 13.2 Å². The molecule has 2 aromatic rings. The van der Waals surface area contributed by atoms with Gasteiger partial charge in [-0.05, 0) is 36.1 Å². The zero-order valence-electron chi connectivity index (χ0n) is 13.2. The van der Waals surface area contributed by atoms with Crippen LogP contribution in [0.15, 0.2) is 42.5 Å². The van der Waals surface area contributed by atoms with E-state index in [1.54, 1.807) is 24.1 Å². The molecule has 0 spiro atoms. The number of hydrogen-bond donors (Lipinski definition) is 0. The molecule has 0 bridgehead atoms. The molecule has 1 amide bonds. The van der Waals surface area contributed by atoms with Crippen LogP contribution in [0.1, 0.15) is 44.6 Å². The lowest BCUT2D eigenvalue weighted by molar-refractivity contribution is 0.0593. The minimum Gasteiger partial charge on any atom is -0.464 e. The molecule has 1 heterocycles. The second-order valence-corrected chi connectivity index (χ2v) is 5.57. The molecule has 23 heavy (non-hydrogen) atoms. The SMILES string of the molecule is COC(=O)c1cccc(C(=O)N(C)C2CCc3ccccc32)n1. The van der Waals surface area contributed by atoms with Gasteiger partial charge in [0.1, 0.15) is 11.4 Å². The second kappa shape index (κ2) is 6.20. The van der Waals surface area contributed by atoms with Crippen LogP contribution >= 0.6 is 0 Å². The fourth-order valence-corrected chi connectivity index (χ4v) is 3.03. The first-order chi connectivity index (χ1) is 11.1. The van der Waals surface area contributed by atoms with Crippen LogP contribution in [0.5, 0.6) is 0 Å². The van der Waals surface area contributed by atoms with Crippen LogP contribution in [0.25, 0.3) is 0 Å². The zero-order chi connectivity index (χ0) is 16.4. The van der Waals surface area contributed by atoms with E-state index < -0.39 is 5.97 Å². The number of methoxy groups -OCH3 is 1. The minimum absolute atomic E-state index is 0.0438. The maximum absolute atomic E-state index is 12.7. The Morgan fingerprint density at radius 2 is 1.87 bits per heavy atom. The normalized spacial score (nSPS) is 15.8. The number of carbonyl (C=O) groups excluding carboxylic acids is 2. The molecule has 1 aliphatic carbocycles. The van der Waals surface area contributed by atoms with E-state index in [2.05, 4.69) is 21.9 Å². The van der Waals surface area contributed by atoms with E-state index in [1.807, 2.05) is 12.1 Å². The number of hydrogen-bond acceptors (Lipinski definition) is 4. The Bertz CT molecular complexity index is 757. The van der Waals surface area contributed by atoms with Crippen molar-refractivity contribution < 1.29 is 14.3 Å². The van der Waals surface area contributed by atoms with Gasteiger partial charge in [0, 0.05) is 7.05 Å². The number of rotatable bonds is 3. The summed E-state index contributed by atoms with van der Waals surface area (Å²) in [6, 6.07) is 13.0. The molecule has 1 aliphatic rings. The van der Waals surface area contributed by atoms with Crippen LogP contribution < -0.4 is 0 Å². The highest BCUT2D eigenvalue weighted by atomic mass is 16.5. The van der Waals surface area contributed by atoms with Gasteiger partial charge in [-0.25, -0.2) is 9.78 Å². The lowest BCUT2D eigenvalue weighted by Gasteiger charge is -2.25. The summed E-state index contributed by atoms with van der Waals surface area (Å²) in [5.74, 6) is -0.744. The van der Waals surface area contributed by atoms with Gasteiger partial charge in [0.2, 0.25) is 0 Å². The van der Waals surface area contributed by atoms with Crippen molar-refractivity contribution in [3.63, 3.8) is 0 Å². The van der Waals surface area contributed by atoms with Crippen molar-refractivity contribution in [2.24, 2.45) is 0 Å². The molecule has 5 nitrogen and oxygen atoms in total. The van der Waals surface area contributed by atoms with E-state index in [-0.39, 0.29) is 23.3 Å². The van der Waals surface area contributed by atoms with E-state index in [9.17, 15) is 9.59 Å². The molecule has 3 rings (SSSR count). The Kier molecular flexibility index (Phi) is 4.10. The van der Waals surface area contributed by atoms with Crippen molar-refractivity contribution in [1.29, 1.82) is 0 Å². The number of fused-ring (bicyclic) bond motifs is 1. The van der Waals surface area contributed by atoms with E-state index in [1.165, 1.54) is 24.3 Å². The fourth-order valence-electron chi connectivity index (χ4n) is 3.03. The maximum Gasteiger partial charge on any atom is 0.356 e. The largest absolute Gasteiger partial charge is 0.464 e. The molecule has 0 fully saturated rings. The molecule has 0 N–H and O–H groups in total. The van der Waals surface area contributed by atoms with Crippen molar-refractivity contribution in [3.05, 3.63) is 65.0 Å². The number of ether oxygens (including phenoxy) is 1. The lowest BCUT2D eigenvalue weighted by Crippen LogP contribution is -2.31. The highest BCUT2D eigenvalue weighted by molar-refractivity contribution is 5.94. The van der Waals surface area contributed by atoms with Crippen molar-refractivity contribution >= 4 is 11.9 Å². The molecular formula is C18H18N2O3. The summed E-state index contributed by atoms with van der Waals surface area (Å²) in [5, 5.41) is 0. The summed E-state index contributed by atoms with van der Waals surface area (Å²) in [5.41, 5.74) is 2.86. The number of pyridine rings is 1. The van der Waals surface area contributed by atoms with Crippen molar-refractivity contribution in [2.75, 3.05) is 14.2 Å². The average Bonchev–Trinajstić information content (AvgIpc) is 3.04. The maximum atomic E-state index is 12.7. The summed E-state index contributed by atoms with van der Waals surface area (Å²) in [6.07, 6.45) is 1.87. The number of aryl methyl sites for hydroxylation is 1. The van der Waals surface area contributed by atoms with Gasteiger partial charge in [-0.2, -0.15) is 0 Å². The minimum atomic E-state index is -0.548. The van der Waals surface area contributed by atoms with Gasteiger partial charge in [-0.15, -0.1) is 0 Å². The molecule has 1 aromatic carbocycles. The van der Waals surface area contributed by atoms with Gasteiger partial charge in [-0.3, -0.25) is 4.79 Å². The molecule has 1 unspecified atom stereocenters. The van der Waals surface area contributed by atoms with Crippen LogP contribution in [-0.2, 0) is 11.2 Å². The van der Waals surface area contributed by atoms with E-state index in [0.717, 1.165) is 12.8 Å². The topological polar surface area (TPSA) is 59.5 Å². The Morgan fingerprint density at radius 1 is 1.13 bits per heavy atom. The second-order valence-electron chi connectivity index (χ2n) is 5.57. The van der Waals surface area contributed by atoms with Crippen molar-refractivity contribution in [3.8, 4) is 0 Å². The molecule has 5 heteroatoms. The standard InChI is InChI=1S/C18H18N2O3/c1-20(16-11-10-12-6-3-4-7-13(12)16)17(21)14-8-5-9-15(19-14)18(22)23-2/h3-9,16H,10-11H2,1-2H3. The van der Waals surface area contributed by atoms with Crippen molar-refractivity contribution in [1.82, 2.24) is 9.88 Å². The first-order valence-corrected chi connectivity index (χ1v) is 7.52. The number of esters is 1. The van der Waals surface area contributed by atoms with Crippen LogP contribution in [0.2, 0.25) is 0 Å². The molecule has 1 aromatic heterocycles. The van der Waals surface area contributed by atoms with Crippen LogP contribution in [0, 0.1) is 0 Å². The van der Waals surface area contributed by atoms with Gasteiger partial charge in [0.25, 0.3) is 5.91 Å². The summed E-state index contributed by atoms with van der Waals surface area (Å²) in [6.45, 7) is 0. The highest BCUT2D eigenvalue weighted by Crippen LogP contribution is 2.35. The third-order valence-electron chi connectivity index (χ3n) is 4.25. The Balaban J connectivity index is 1.85. The van der Waals surface area contributed by atoms with E-state index >= 15 is 0 Å². The molecule has 0 radical (unpaired) electrons. The van der Waals surface area contributed by atoms with E-state index in [0.29, 0.717) is 0 Å². The quantitative estimate of drug-likeness (QED) is 0.818. The fraction of sp³-hybridized carbons (Fsp3) is 0.278. The predicted molar refractivity (Wildman–Crippen MR) is 85.2 cm³/mol. The van der Waals surface area contributed by atoms with Crippen LogP contribution in [-0.4, -0.2) is 35.9 Å². The summed E-state index contributed by atoms with van der Waals surface area (Å²) >= 11 is 0. The van der Waals surface area contributed by atoms with Gasteiger partial charge in [0.15, 0.2) is 0 Å². The third kappa shape index (κ3) is 2.82. The Hall–Kier alpha value is -2.69. The number of carbonyl (C=O) groups is 2. The number of aromatic nitrogens is 1. The molecule has 0 saturated carbocycles. The highest BCUT2D eigenvalue weighted by Gasteiger charge is 2.29.